The van der Waals surface area contributed by atoms with Gasteiger partial charge in [-0.1, -0.05) is 45.0 Å². The van der Waals surface area contributed by atoms with Gasteiger partial charge >= 0.3 is 0 Å². The van der Waals surface area contributed by atoms with Crippen molar-refractivity contribution in [2.45, 2.75) is 26.3 Å². The van der Waals surface area contributed by atoms with Crippen LogP contribution in [0.4, 0.5) is 5.69 Å². The van der Waals surface area contributed by atoms with Gasteiger partial charge in [0, 0.05) is 22.8 Å². The number of carbonyl (C=O) groups is 1. The molecule has 0 unspecified atom stereocenters. The first-order chi connectivity index (χ1) is 13.8. The second-order valence-corrected chi connectivity index (χ2v) is 10.3. The minimum absolute atomic E-state index is 0.103. The summed E-state index contributed by atoms with van der Waals surface area (Å²) in [5.74, 6) is 1.06. The lowest BCUT2D eigenvalue weighted by molar-refractivity contribution is 0.0961. The number of methoxy groups -OCH3 is 2. The molecule has 0 atom stereocenters. The number of ether oxygens (including phenoxy) is 2. The standard InChI is InChI=1S/C22H21NO3S3/c1-12-6-7-16-17(8-12)23(22(2,3)19-18(16)21(27)29-28-19)20(24)13-9-14(25-4)11-15(10-13)26-5/h6-11H,1-5H3. The van der Waals surface area contributed by atoms with E-state index in [0.717, 1.165) is 31.1 Å². The van der Waals surface area contributed by atoms with Gasteiger partial charge < -0.3 is 9.47 Å². The number of benzene rings is 2. The van der Waals surface area contributed by atoms with E-state index in [2.05, 4.69) is 32.0 Å². The van der Waals surface area contributed by atoms with Crippen molar-refractivity contribution in [1.29, 1.82) is 0 Å². The smallest absolute Gasteiger partial charge is 0.259 e. The molecule has 1 aliphatic heterocycles. The molecular formula is C22H21NO3S3. The van der Waals surface area contributed by atoms with Crippen molar-refractivity contribution < 1.29 is 14.3 Å². The maximum absolute atomic E-state index is 13.8. The van der Waals surface area contributed by atoms with Gasteiger partial charge in [-0.3, -0.25) is 9.69 Å². The number of rotatable bonds is 3. The molecule has 3 aromatic rings. The van der Waals surface area contributed by atoms with Gasteiger partial charge in [-0.15, -0.1) is 0 Å². The summed E-state index contributed by atoms with van der Waals surface area (Å²) in [5, 5.41) is 0. The summed E-state index contributed by atoms with van der Waals surface area (Å²) in [7, 11) is 6.40. The van der Waals surface area contributed by atoms with Gasteiger partial charge in [0.2, 0.25) is 0 Å². The summed E-state index contributed by atoms with van der Waals surface area (Å²) in [4.78, 5) is 16.8. The molecule has 2 aromatic carbocycles. The first kappa shape index (κ1) is 20.1. The van der Waals surface area contributed by atoms with Crippen LogP contribution in [0.5, 0.6) is 11.5 Å². The predicted molar refractivity (Wildman–Crippen MR) is 123 cm³/mol. The van der Waals surface area contributed by atoms with E-state index < -0.39 is 5.54 Å². The van der Waals surface area contributed by atoms with Crippen molar-refractivity contribution in [3.8, 4) is 22.6 Å². The van der Waals surface area contributed by atoms with Crippen molar-refractivity contribution in [3.63, 3.8) is 0 Å². The summed E-state index contributed by atoms with van der Waals surface area (Å²) in [6, 6.07) is 11.5. The Morgan fingerprint density at radius 1 is 1.03 bits per heavy atom. The second kappa shape index (κ2) is 7.23. The van der Waals surface area contributed by atoms with Crippen LogP contribution in [0.25, 0.3) is 11.1 Å². The van der Waals surface area contributed by atoms with Crippen LogP contribution in [-0.4, -0.2) is 20.1 Å². The number of hydrogen-bond acceptors (Lipinski definition) is 6. The minimum atomic E-state index is -0.540. The third kappa shape index (κ3) is 3.17. The van der Waals surface area contributed by atoms with Crippen molar-refractivity contribution in [2.75, 3.05) is 19.1 Å². The quantitative estimate of drug-likeness (QED) is 0.345. The molecular weight excluding hydrogens is 422 g/mol. The molecule has 7 heteroatoms. The summed E-state index contributed by atoms with van der Waals surface area (Å²) in [5.41, 5.74) is 4.05. The fourth-order valence-electron chi connectivity index (χ4n) is 3.76. The lowest BCUT2D eigenvalue weighted by Crippen LogP contribution is -2.47. The molecule has 4 nitrogen and oxygen atoms in total. The van der Waals surface area contributed by atoms with Crippen molar-refractivity contribution in [3.05, 3.63) is 56.2 Å². The maximum atomic E-state index is 13.8. The average molecular weight is 444 g/mol. The van der Waals surface area contributed by atoms with E-state index >= 15 is 0 Å². The SMILES string of the molecule is COc1cc(OC)cc(C(=O)N2c3cc(C)ccc3-c3c(ssc3=S)C2(C)C)c1. The fraction of sp³-hybridized carbons (Fsp3) is 0.273. The zero-order valence-corrected chi connectivity index (χ0v) is 19.3. The summed E-state index contributed by atoms with van der Waals surface area (Å²) in [6.07, 6.45) is 0. The molecule has 1 aliphatic rings. The van der Waals surface area contributed by atoms with Crippen LogP contribution in [0, 0.1) is 10.7 Å². The van der Waals surface area contributed by atoms with Gasteiger partial charge in [-0.25, -0.2) is 0 Å². The molecule has 0 spiro atoms. The Kier molecular flexibility index (Phi) is 5.01. The van der Waals surface area contributed by atoms with Gasteiger partial charge in [0.1, 0.15) is 15.3 Å². The largest absolute Gasteiger partial charge is 0.497 e. The highest BCUT2D eigenvalue weighted by Gasteiger charge is 2.43. The highest BCUT2D eigenvalue weighted by molar-refractivity contribution is 7.80. The Balaban J connectivity index is 1.95. The van der Waals surface area contributed by atoms with Crippen LogP contribution in [-0.2, 0) is 5.54 Å². The normalized spacial score (nSPS) is 14.2. The van der Waals surface area contributed by atoms with Crippen LogP contribution < -0.4 is 14.4 Å². The molecule has 2 heterocycles. The van der Waals surface area contributed by atoms with E-state index in [-0.39, 0.29) is 5.91 Å². The Morgan fingerprint density at radius 2 is 1.69 bits per heavy atom. The lowest BCUT2D eigenvalue weighted by atomic mass is 9.86. The number of amides is 1. The van der Waals surface area contributed by atoms with Crippen LogP contribution >= 0.6 is 32.9 Å². The number of aryl methyl sites for hydroxylation is 1. The summed E-state index contributed by atoms with van der Waals surface area (Å²) < 4.78 is 11.6. The Labute approximate surface area is 182 Å². The van der Waals surface area contributed by atoms with Gasteiger partial charge in [0.05, 0.1) is 30.3 Å². The number of nitrogens with zero attached hydrogens (tertiary/aromatic N) is 1. The monoisotopic (exact) mass is 443 g/mol. The third-order valence-electron chi connectivity index (χ3n) is 5.21. The van der Waals surface area contributed by atoms with Crippen LogP contribution in [0.1, 0.15) is 34.6 Å². The van der Waals surface area contributed by atoms with E-state index in [9.17, 15) is 4.79 Å². The first-order valence-corrected chi connectivity index (χ1v) is 11.7. The van der Waals surface area contributed by atoms with Crippen LogP contribution in [0.3, 0.4) is 0 Å². The fourth-order valence-corrected chi connectivity index (χ4v) is 7.04. The lowest BCUT2D eigenvalue weighted by Gasteiger charge is -2.43. The molecule has 0 saturated carbocycles. The van der Waals surface area contributed by atoms with E-state index in [1.54, 1.807) is 53.1 Å². The second-order valence-electron chi connectivity index (χ2n) is 7.48. The molecule has 150 valence electrons. The number of carbonyl (C=O) groups excluding carboxylic acids is 1. The number of fused-ring (bicyclic) bond motifs is 3. The summed E-state index contributed by atoms with van der Waals surface area (Å²) >= 11 is 5.64. The zero-order valence-electron chi connectivity index (χ0n) is 16.9. The van der Waals surface area contributed by atoms with Crippen LogP contribution in [0.2, 0.25) is 0 Å². The van der Waals surface area contributed by atoms with E-state index in [4.69, 9.17) is 21.7 Å². The molecule has 4 rings (SSSR count). The Bertz CT molecular complexity index is 1150. The molecule has 0 radical (unpaired) electrons. The molecule has 0 saturated heterocycles. The highest BCUT2D eigenvalue weighted by Crippen LogP contribution is 2.52. The molecule has 0 N–H and O–H groups in total. The van der Waals surface area contributed by atoms with Crippen molar-refractivity contribution >= 4 is 44.5 Å². The zero-order chi connectivity index (χ0) is 20.9. The third-order valence-corrected chi connectivity index (χ3v) is 8.54. The predicted octanol–water partition coefficient (Wildman–Crippen LogP) is 6.43. The number of anilines is 1. The number of hydrogen-bond donors (Lipinski definition) is 0. The molecule has 0 bridgehead atoms. The molecule has 1 amide bonds. The van der Waals surface area contributed by atoms with E-state index in [1.807, 2.05) is 11.8 Å². The van der Waals surface area contributed by atoms with E-state index in [1.165, 1.54) is 0 Å². The molecule has 29 heavy (non-hydrogen) atoms. The maximum Gasteiger partial charge on any atom is 0.259 e. The Morgan fingerprint density at radius 3 is 2.31 bits per heavy atom. The van der Waals surface area contributed by atoms with E-state index in [0.29, 0.717) is 17.1 Å². The molecule has 0 aliphatic carbocycles. The van der Waals surface area contributed by atoms with Crippen molar-refractivity contribution in [2.24, 2.45) is 0 Å². The van der Waals surface area contributed by atoms with Gasteiger partial charge in [-0.2, -0.15) is 0 Å². The van der Waals surface area contributed by atoms with Gasteiger partial charge in [0.15, 0.2) is 0 Å². The topological polar surface area (TPSA) is 38.8 Å². The van der Waals surface area contributed by atoms with Gasteiger partial charge in [-0.05, 0) is 44.5 Å². The first-order valence-electron chi connectivity index (χ1n) is 9.10. The summed E-state index contributed by atoms with van der Waals surface area (Å²) in [6.45, 7) is 6.18. The van der Waals surface area contributed by atoms with Gasteiger partial charge in [0.25, 0.3) is 5.91 Å². The Hall–Kier alpha value is -2.22. The minimum Gasteiger partial charge on any atom is -0.497 e. The van der Waals surface area contributed by atoms with Crippen LogP contribution in [0.15, 0.2) is 36.4 Å². The molecule has 1 aromatic heterocycles. The van der Waals surface area contributed by atoms with Crippen molar-refractivity contribution in [1.82, 2.24) is 0 Å². The highest BCUT2D eigenvalue weighted by atomic mass is 32.9. The molecule has 0 fully saturated rings. The average Bonchev–Trinajstić information content (AvgIpc) is 3.09.